The van der Waals surface area contributed by atoms with Gasteiger partial charge in [-0.1, -0.05) is 11.6 Å². The van der Waals surface area contributed by atoms with E-state index in [9.17, 15) is 14.9 Å². The summed E-state index contributed by atoms with van der Waals surface area (Å²) >= 11 is 12.5. The summed E-state index contributed by atoms with van der Waals surface area (Å²) in [5, 5.41) is 10.0. The van der Waals surface area contributed by atoms with Crippen LogP contribution in [0.25, 0.3) is 0 Å². The van der Waals surface area contributed by atoms with Gasteiger partial charge < -0.3 is 23.8 Å². The van der Waals surface area contributed by atoms with Crippen molar-refractivity contribution < 1.29 is 28.5 Å². The van der Waals surface area contributed by atoms with E-state index >= 15 is 0 Å². The molecule has 41 heavy (non-hydrogen) atoms. The molecule has 2 heterocycles. The van der Waals surface area contributed by atoms with Gasteiger partial charge in [-0.05, 0) is 96.5 Å². The van der Waals surface area contributed by atoms with Crippen LogP contribution in [0.4, 0.5) is 5.69 Å². The van der Waals surface area contributed by atoms with E-state index in [-0.39, 0.29) is 48.0 Å². The van der Waals surface area contributed by atoms with Crippen LogP contribution in [0.5, 0.6) is 0 Å². The second-order valence-electron chi connectivity index (χ2n) is 11.2. The standard InChI is InChI=1S/C30H40ClN3O6S/c1-4-37-25(35)18-23-24(14-9-20(19-32)27(23)31)33-28(36)30(2,3)34(29(33)41)21-10-12-22(13-11-21)38-16-7-17-40-26-8-5-6-15-39-26/h9,14,21-22,26H,4-8,10-13,15-18H2,1-3H3. The summed E-state index contributed by atoms with van der Waals surface area (Å²) in [4.78, 5) is 29.7. The van der Waals surface area contributed by atoms with Crippen LogP contribution in [0.1, 0.15) is 83.3 Å². The van der Waals surface area contributed by atoms with Crippen molar-refractivity contribution in [3.05, 3.63) is 28.3 Å². The van der Waals surface area contributed by atoms with Gasteiger partial charge in [-0.25, -0.2) is 0 Å². The van der Waals surface area contributed by atoms with Crippen LogP contribution in [-0.4, -0.2) is 72.3 Å². The largest absolute Gasteiger partial charge is 0.466 e. The fourth-order valence-corrected chi connectivity index (χ4v) is 6.73. The van der Waals surface area contributed by atoms with E-state index in [0.29, 0.717) is 29.6 Å². The van der Waals surface area contributed by atoms with E-state index in [1.807, 2.05) is 24.8 Å². The number of hydrogen-bond donors (Lipinski definition) is 0. The molecule has 11 heteroatoms. The van der Waals surface area contributed by atoms with Crippen molar-refractivity contribution in [1.29, 1.82) is 5.26 Å². The number of halogens is 1. The molecule has 0 N–H and O–H groups in total. The molecule has 0 aromatic heterocycles. The molecule has 1 atom stereocenters. The molecule has 9 nitrogen and oxygen atoms in total. The van der Waals surface area contributed by atoms with Gasteiger partial charge in [0.05, 0.1) is 42.0 Å². The number of anilines is 1. The molecule has 1 aromatic carbocycles. The molecule has 4 rings (SSSR count). The van der Waals surface area contributed by atoms with E-state index in [1.54, 1.807) is 19.1 Å². The number of nitrogens with zero attached hydrogens (tertiary/aromatic N) is 3. The van der Waals surface area contributed by atoms with Crippen molar-refractivity contribution in [2.24, 2.45) is 0 Å². The number of carbonyl (C=O) groups is 2. The first-order valence-corrected chi connectivity index (χ1v) is 15.4. The van der Waals surface area contributed by atoms with E-state index in [0.717, 1.165) is 58.0 Å². The smallest absolute Gasteiger partial charge is 0.310 e. The van der Waals surface area contributed by atoms with E-state index in [4.69, 9.17) is 42.8 Å². The Labute approximate surface area is 253 Å². The lowest BCUT2D eigenvalue weighted by Gasteiger charge is -2.40. The molecule has 0 radical (unpaired) electrons. The quantitative estimate of drug-likeness (QED) is 0.189. The zero-order valence-electron chi connectivity index (χ0n) is 24.2. The second kappa shape index (κ2) is 14.3. The monoisotopic (exact) mass is 605 g/mol. The summed E-state index contributed by atoms with van der Waals surface area (Å²) < 4.78 is 22.7. The molecule has 0 spiro atoms. The van der Waals surface area contributed by atoms with Gasteiger partial charge in [0.25, 0.3) is 5.91 Å². The maximum atomic E-state index is 13.8. The molecule has 1 aromatic rings. The Hall–Kier alpha value is -2.29. The van der Waals surface area contributed by atoms with Crippen molar-refractivity contribution in [2.75, 3.05) is 31.3 Å². The third-order valence-electron chi connectivity index (χ3n) is 8.03. The molecule has 2 aliphatic heterocycles. The molecule has 224 valence electrons. The number of carbonyl (C=O) groups excluding carboxylic acids is 2. The van der Waals surface area contributed by atoms with Gasteiger partial charge in [-0.15, -0.1) is 0 Å². The number of nitriles is 1. The van der Waals surface area contributed by atoms with Crippen LogP contribution in [0, 0.1) is 11.3 Å². The lowest BCUT2D eigenvalue weighted by atomic mass is 9.89. The van der Waals surface area contributed by atoms with Crippen LogP contribution in [0.15, 0.2) is 12.1 Å². The minimum atomic E-state index is -0.893. The Kier molecular flexibility index (Phi) is 11.0. The van der Waals surface area contributed by atoms with Gasteiger partial charge in [0, 0.05) is 24.8 Å². The summed E-state index contributed by atoms with van der Waals surface area (Å²) in [5.74, 6) is -0.694. The van der Waals surface area contributed by atoms with Gasteiger partial charge in [0.1, 0.15) is 11.6 Å². The molecule has 0 bridgehead atoms. The van der Waals surface area contributed by atoms with Crippen LogP contribution in [0.3, 0.4) is 0 Å². The Morgan fingerprint density at radius 3 is 2.56 bits per heavy atom. The Bertz CT molecular complexity index is 1160. The lowest BCUT2D eigenvalue weighted by Crippen LogP contribution is -2.51. The van der Waals surface area contributed by atoms with Gasteiger partial charge in [-0.3, -0.25) is 14.5 Å². The number of rotatable bonds is 11. The average Bonchev–Trinajstić information content (AvgIpc) is 3.13. The first-order valence-electron chi connectivity index (χ1n) is 14.6. The summed E-state index contributed by atoms with van der Waals surface area (Å²) in [5.41, 5.74) is 0.0879. The van der Waals surface area contributed by atoms with Gasteiger partial charge in [0.15, 0.2) is 11.4 Å². The second-order valence-corrected chi connectivity index (χ2v) is 11.9. The molecular formula is C30H40ClN3O6S. The predicted molar refractivity (Wildman–Crippen MR) is 159 cm³/mol. The third-order valence-corrected chi connectivity index (χ3v) is 8.84. The van der Waals surface area contributed by atoms with Crippen molar-refractivity contribution in [3.8, 4) is 6.07 Å². The molecular weight excluding hydrogens is 566 g/mol. The average molecular weight is 606 g/mol. The summed E-state index contributed by atoms with van der Waals surface area (Å²) in [6, 6.07) is 5.30. The maximum Gasteiger partial charge on any atom is 0.310 e. The van der Waals surface area contributed by atoms with Crippen molar-refractivity contribution in [2.45, 2.75) is 103 Å². The first-order chi connectivity index (χ1) is 19.7. The number of hydrogen-bond acceptors (Lipinski definition) is 8. The number of esters is 1. The maximum absolute atomic E-state index is 13.8. The van der Waals surface area contributed by atoms with Crippen molar-refractivity contribution in [3.63, 3.8) is 0 Å². The van der Waals surface area contributed by atoms with Gasteiger partial charge >= 0.3 is 5.97 Å². The number of amides is 1. The Morgan fingerprint density at radius 2 is 1.90 bits per heavy atom. The molecule has 3 aliphatic rings. The molecule has 1 aliphatic carbocycles. The molecule has 1 amide bonds. The molecule has 3 fully saturated rings. The fourth-order valence-electron chi connectivity index (χ4n) is 5.90. The van der Waals surface area contributed by atoms with E-state index < -0.39 is 11.5 Å². The Balaban J connectivity index is 1.39. The van der Waals surface area contributed by atoms with Crippen LogP contribution in [0.2, 0.25) is 5.02 Å². The highest BCUT2D eigenvalue weighted by Crippen LogP contribution is 2.41. The number of thiocarbonyl (C=S) groups is 1. The van der Waals surface area contributed by atoms with Gasteiger partial charge in [-0.2, -0.15) is 5.26 Å². The van der Waals surface area contributed by atoms with Crippen molar-refractivity contribution in [1.82, 2.24) is 4.90 Å². The highest BCUT2D eigenvalue weighted by Gasteiger charge is 2.52. The molecule has 1 saturated carbocycles. The zero-order valence-corrected chi connectivity index (χ0v) is 25.7. The fraction of sp³-hybridized carbons (Fsp3) is 0.667. The highest BCUT2D eigenvalue weighted by atomic mass is 35.5. The van der Waals surface area contributed by atoms with Crippen LogP contribution in [-0.2, 0) is 35.0 Å². The lowest BCUT2D eigenvalue weighted by molar-refractivity contribution is -0.164. The summed E-state index contributed by atoms with van der Waals surface area (Å²) in [6.07, 6.45) is 7.39. The summed E-state index contributed by atoms with van der Waals surface area (Å²) in [7, 11) is 0. The third kappa shape index (κ3) is 7.20. The van der Waals surface area contributed by atoms with E-state index in [2.05, 4.69) is 0 Å². The first kappa shape index (κ1) is 31.6. The Morgan fingerprint density at radius 1 is 1.17 bits per heavy atom. The SMILES string of the molecule is CCOC(=O)Cc1c(N2C(=O)C(C)(C)N(C3CCC(OCCCOC4CCCCO4)CC3)C2=S)ccc(C#N)c1Cl. The zero-order chi connectivity index (χ0) is 29.6. The number of benzene rings is 1. The van der Waals surface area contributed by atoms with E-state index in [1.165, 1.54) is 4.90 Å². The predicted octanol–water partition coefficient (Wildman–Crippen LogP) is 5.29. The minimum Gasteiger partial charge on any atom is -0.466 e. The molecule has 1 unspecified atom stereocenters. The number of ether oxygens (including phenoxy) is 4. The summed E-state index contributed by atoms with van der Waals surface area (Å²) in [6.45, 7) is 7.72. The minimum absolute atomic E-state index is 0.0699. The van der Waals surface area contributed by atoms with Crippen LogP contribution >= 0.6 is 23.8 Å². The normalized spacial score (nSPS) is 24.4. The van der Waals surface area contributed by atoms with Gasteiger partial charge in [0.2, 0.25) is 0 Å². The topological polar surface area (TPSA) is 101 Å². The van der Waals surface area contributed by atoms with Crippen molar-refractivity contribution >= 4 is 46.5 Å². The molecule has 2 saturated heterocycles. The van der Waals surface area contributed by atoms with Crippen LogP contribution < -0.4 is 4.90 Å². The highest BCUT2D eigenvalue weighted by molar-refractivity contribution is 7.80.